The number of aliphatic hydroxyl groups excluding tert-OH is 1. The van der Waals surface area contributed by atoms with Gasteiger partial charge in [0.2, 0.25) is 11.9 Å². The molecule has 0 aliphatic heterocycles. The summed E-state index contributed by atoms with van der Waals surface area (Å²) in [6.07, 6.45) is 2.85. The summed E-state index contributed by atoms with van der Waals surface area (Å²) in [5.41, 5.74) is 0. The van der Waals surface area contributed by atoms with E-state index in [1.807, 2.05) is 27.0 Å². The van der Waals surface area contributed by atoms with Gasteiger partial charge in [0.15, 0.2) is 0 Å². The minimum atomic E-state index is 0.0286. The molecule has 1 aromatic heterocycles. The summed E-state index contributed by atoms with van der Waals surface area (Å²) in [6.45, 7) is 7.37. The van der Waals surface area contributed by atoms with Crippen LogP contribution in [0.4, 0.5) is 11.9 Å². The monoisotopic (exact) mass is 315 g/mol. The smallest absolute Gasteiger partial charge is 0.323 e. The van der Waals surface area contributed by atoms with E-state index in [1.54, 1.807) is 11.8 Å². The highest BCUT2D eigenvalue weighted by Gasteiger charge is 2.17. The lowest BCUT2D eigenvalue weighted by atomic mass is 10.2. The van der Waals surface area contributed by atoms with Crippen molar-refractivity contribution in [1.29, 1.82) is 0 Å². The van der Waals surface area contributed by atoms with Crippen LogP contribution >= 0.6 is 11.8 Å². The quantitative estimate of drug-likeness (QED) is 0.600. The SMILES string of the molecule is CCCOc1nc(NCC)nc(NC(C)C(CO)SC)n1. The Morgan fingerprint density at radius 2 is 1.95 bits per heavy atom. The van der Waals surface area contributed by atoms with Gasteiger partial charge in [0.05, 0.1) is 13.2 Å². The molecule has 0 fully saturated rings. The normalized spacial score (nSPS) is 13.6. The van der Waals surface area contributed by atoms with E-state index in [2.05, 4.69) is 25.6 Å². The van der Waals surface area contributed by atoms with Crippen molar-refractivity contribution in [3.8, 4) is 6.01 Å². The molecule has 0 amide bonds. The molecule has 1 rings (SSSR count). The standard InChI is InChI=1S/C13H25N5O2S/c1-5-7-20-13-17-11(14-6-2)16-12(18-13)15-9(3)10(8-19)21-4/h9-10,19H,5-8H2,1-4H3,(H2,14,15,16,17,18). The molecule has 120 valence electrons. The van der Waals surface area contributed by atoms with Crippen molar-refractivity contribution in [3.05, 3.63) is 0 Å². The van der Waals surface area contributed by atoms with Crippen molar-refractivity contribution in [2.75, 3.05) is 36.6 Å². The summed E-state index contributed by atoms with van der Waals surface area (Å²) in [7, 11) is 0. The lowest BCUT2D eigenvalue weighted by Gasteiger charge is -2.21. The van der Waals surface area contributed by atoms with Crippen molar-refractivity contribution in [3.63, 3.8) is 0 Å². The first kappa shape index (κ1) is 17.8. The zero-order valence-electron chi connectivity index (χ0n) is 13.1. The predicted octanol–water partition coefficient (Wildman–Crippen LogP) is 1.62. The highest BCUT2D eigenvalue weighted by Crippen LogP contribution is 2.16. The van der Waals surface area contributed by atoms with Crippen molar-refractivity contribution >= 4 is 23.7 Å². The van der Waals surface area contributed by atoms with Crippen LogP contribution in [0, 0.1) is 0 Å². The van der Waals surface area contributed by atoms with Crippen molar-refractivity contribution in [2.24, 2.45) is 0 Å². The Bertz CT molecular complexity index is 418. The molecule has 2 unspecified atom stereocenters. The van der Waals surface area contributed by atoms with Crippen molar-refractivity contribution in [1.82, 2.24) is 15.0 Å². The van der Waals surface area contributed by atoms with Gasteiger partial charge in [-0.1, -0.05) is 6.92 Å². The lowest BCUT2D eigenvalue weighted by Crippen LogP contribution is -2.31. The van der Waals surface area contributed by atoms with Gasteiger partial charge >= 0.3 is 6.01 Å². The highest BCUT2D eigenvalue weighted by atomic mass is 32.2. The van der Waals surface area contributed by atoms with Crippen LogP contribution < -0.4 is 15.4 Å². The summed E-state index contributed by atoms with van der Waals surface area (Å²) in [5.74, 6) is 0.935. The molecule has 0 aromatic carbocycles. The maximum atomic E-state index is 9.33. The zero-order chi connectivity index (χ0) is 15.7. The molecule has 0 bridgehead atoms. The topological polar surface area (TPSA) is 92.2 Å². The Kier molecular flexibility index (Phi) is 8.14. The van der Waals surface area contributed by atoms with Crippen LogP contribution in [-0.4, -0.2) is 57.4 Å². The van der Waals surface area contributed by atoms with E-state index in [1.165, 1.54) is 0 Å². The predicted molar refractivity (Wildman–Crippen MR) is 87.3 cm³/mol. The third-order valence-electron chi connectivity index (χ3n) is 2.78. The molecular weight excluding hydrogens is 290 g/mol. The molecule has 2 atom stereocenters. The molecule has 7 nitrogen and oxygen atoms in total. The van der Waals surface area contributed by atoms with E-state index in [0.29, 0.717) is 24.5 Å². The highest BCUT2D eigenvalue weighted by molar-refractivity contribution is 7.99. The molecule has 0 radical (unpaired) electrons. The van der Waals surface area contributed by atoms with Gasteiger partial charge in [-0.15, -0.1) is 0 Å². The average molecular weight is 315 g/mol. The van der Waals surface area contributed by atoms with Gasteiger partial charge < -0.3 is 20.5 Å². The molecule has 0 aliphatic carbocycles. The minimum Gasteiger partial charge on any atom is -0.463 e. The maximum Gasteiger partial charge on any atom is 0.323 e. The molecule has 0 spiro atoms. The summed E-state index contributed by atoms with van der Waals surface area (Å²) in [4.78, 5) is 12.8. The minimum absolute atomic E-state index is 0.0286. The fourth-order valence-corrected chi connectivity index (χ4v) is 2.27. The Balaban J connectivity index is 2.85. The summed E-state index contributed by atoms with van der Waals surface area (Å²) in [6, 6.07) is 0.336. The summed E-state index contributed by atoms with van der Waals surface area (Å²) in [5, 5.41) is 15.7. The number of ether oxygens (including phenoxy) is 1. The summed E-state index contributed by atoms with van der Waals surface area (Å²) >= 11 is 1.60. The number of nitrogens with one attached hydrogen (secondary N) is 2. The van der Waals surface area contributed by atoms with E-state index >= 15 is 0 Å². The van der Waals surface area contributed by atoms with E-state index < -0.39 is 0 Å². The Hall–Kier alpha value is -1.28. The molecule has 8 heteroatoms. The number of aromatic nitrogens is 3. The molecule has 0 aliphatic rings. The van der Waals surface area contributed by atoms with Crippen molar-refractivity contribution < 1.29 is 9.84 Å². The van der Waals surface area contributed by atoms with Gasteiger partial charge in [-0.25, -0.2) is 0 Å². The van der Waals surface area contributed by atoms with E-state index in [0.717, 1.165) is 13.0 Å². The molecule has 0 saturated carbocycles. The van der Waals surface area contributed by atoms with E-state index in [4.69, 9.17) is 4.74 Å². The zero-order valence-corrected chi connectivity index (χ0v) is 13.9. The van der Waals surface area contributed by atoms with Gasteiger partial charge in [-0.05, 0) is 26.5 Å². The fraction of sp³-hybridized carbons (Fsp3) is 0.769. The largest absolute Gasteiger partial charge is 0.463 e. The van der Waals surface area contributed by atoms with Crippen LogP contribution in [0.25, 0.3) is 0 Å². The second kappa shape index (κ2) is 9.62. The van der Waals surface area contributed by atoms with E-state index in [-0.39, 0.29) is 17.9 Å². The maximum absolute atomic E-state index is 9.33. The number of thioether (sulfide) groups is 1. The number of anilines is 2. The van der Waals surface area contributed by atoms with E-state index in [9.17, 15) is 5.11 Å². The second-order valence-corrected chi connectivity index (χ2v) is 5.61. The molecule has 0 saturated heterocycles. The van der Waals surface area contributed by atoms with Gasteiger partial charge in [0.25, 0.3) is 0 Å². The van der Waals surface area contributed by atoms with Crippen molar-refractivity contribution in [2.45, 2.75) is 38.5 Å². The van der Waals surface area contributed by atoms with Crippen LogP contribution in [0.1, 0.15) is 27.2 Å². The average Bonchev–Trinajstić information content (AvgIpc) is 2.46. The van der Waals surface area contributed by atoms with Crippen LogP contribution in [0.5, 0.6) is 6.01 Å². The van der Waals surface area contributed by atoms with Gasteiger partial charge in [0.1, 0.15) is 0 Å². The first-order chi connectivity index (χ1) is 10.1. The van der Waals surface area contributed by atoms with Crippen LogP contribution in [0.2, 0.25) is 0 Å². The molecule has 1 aromatic rings. The number of nitrogens with zero attached hydrogens (tertiary/aromatic N) is 3. The molecule has 21 heavy (non-hydrogen) atoms. The van der Waals surface area contributed by atoms with Gasteiger partial charge in [-0.3, -0.25) is 0 Å². The third kappa shape index (κ3) is 5.92. The number of hydrogen-bond donors (Lipinski definition) is 3. The number of rotatable bonds is 10. The van der Waals surface area contributed by atoms with Gasteiger partial charge in [0, 0.05) is 17.8 Å². The Morgan fingerprint density at radius 1 is 1.24 bits per heavy atom. The lowest BCUT2D eigenvalue weighted by molar-refractivity contribution is 0.287. The number of aliphatic hydroxyl groups is 1. The molecule has 1 heterocycles. The fourth-order valence-electron chi connectivity index (χ4n) is 1.65. The molecule has 3 N–H and O–H groups in total. The Morgan fingerprint density at radius 3 is 2.52 bits per heavy atom. The van der Waals surface area contributed by atoms with Crippen LogP contribution in [0.15, 0.2) is 0 Å². The first-order valence-electron chi connectivity index (χ1n) is 7.17. The molecular formula is C13H25N5O2S. The first-order valence-corrected chi connectivity index (χ1v) is 8.46. The van der Waals surface area contributed by atoms with Crippen LogP contribution in [-0.2, 0) is 0 Å². The second-order valence-electron chi connectivity index (χ2n) is 4.53. The number of hydrogen-bond acceptors (Lipinski definition) is 8. The van der Waals surface area contributed by atoms with Gasteiger partial charge in [-0.2, -0.15) is 26.7 Å². The third-order valence-corrected chi connectivity index (χ3v) is 3.95. The summed E-state index contributed by atoms with van der Waals surface area (Å²) < 4.78 is 5.48. The van der Waals surface area contributed by atoms with Crippen LogP contribution in [0.3, 0.4) is 0 Å². The Labute approximate surface area is 130 Å².